The highest BCUT2D eigenvalue weighted by Crippen LogP contribution is 2.16. The minimum Gasteiger partial charge on any atom is -0.378 e. The van der Waals surface area contributed by atoms with Gasteiger partial charge in [-0.2, -0.15) is 0 Å². The van der Waals surface area contributed by atoms with Crippen LogP contribution in [-0.2, 0) is 9.53 Å². The third kappa shape index (κ3) is 3.68. The second kappa shape index (κ2) is 6.67. The zero-order chi connectivity index (χ0) is 14.5. The number of nitrogens with zero attached hydrogens (tertiary/aromatic N) is 2. The molecule has 0 spiro atoms. The number of nitrogens with one attached hydrogen (secondary N) is 1. The molecule has 0 saturated carbocycles. The Labute approximate surface area is 119 Å². The Hall–Kier alpha value is -1.66. The molecule has 0 radical (unpaired) electrons. The largest absolute Gasteiger partial charge is 0.378 e. The van der Waals surface area contributed by atoms with Crippen molar-refractivity contribution < 1.29 is 9.53 Å². The van der Waals surface area contributed by atoms with Crippen molar-refractivity contribution in [1.29, 1.82) is 0 Å². The fourth-order valence-electron chi connectivity index (χ4n) is 1.93. The van der Waals surface area contributed by atoms with Crippen LogP contribution in [0.3, 0.4) is 0 Å². The molecule has 1 aromatic rings. The molecule has 2 heterocycles. The Morgan fingerprint density at radius 3 is 2.65 bits per heavy atom. The van der Waals surface area contributed by atoms with E-state index in [-0.39, 0.29) is 17.9 Å². The van der Waals surface area contributed by atoms with Crippen molar-refractivity contribution in [2.75, 3.05) is 36.5 Å². The van der Waals surface area contributed by atoms with Crippen LogP contribution in [0.1, 0.15) is 13.8 Å². The Bertz CT molecular complexity index is 441. The molecule has 1 fully saturated rings. The van der Waals surface area contributed by atoms with E-state index in [2.05, 4.69) is 15.2 Å². The molecular formula is C14H22N4O2. The van der Waals surface area contributed by atoms with Crippen molar-refractivity contribution >= 4 is 17.4 Å². The van der Waals surface area contributed by atoms with Crippen LogP contribution in [-0.4, -0.2) is 43.2 Å². The van der Waals surface area contributed by atoms with Crippen LogP contribution in [0.2, 0.25) is 0 Å². The predicted molar refractivity (Wildman–Crippen MR) is 78.7 cm³/mol. The maximum Gasteiger partial charge on any atom is 0.228 e. The van der Waals surface area contributed by atoms with Gasteiger partial charge in [0.15, 0.2) is 0 Å². The first-order valence-electron chi connectivity index (χ1n) is 6.93. The fourth-order valence-corrected chi connectivity index (χ4v) is 1.93. The highest BCUT2D eigenvalue weighted by atomic mass is 16.5. The predicted octanol–water partition coefficient (Wildman–Crippen LogP) is 0.840. The van der Waals surface area contributed by atoms with E-state index in [9.17, 15) is 4.79 Å². The monoisotopic (exact) mass is 278 g/mol. The molecule has 2 rings (SSSR count). The number of amides is 1. The van der Waals surface area contributed by atoms with Crippen molar-refractivity contribution in [3.05, 3.63) is 18.3 Å². The first-order valence-corrected chi connectivity index (χ1v) is 6.93. The van der Waals surface area contributed by atoms with Crippen molar-refractivity contribution in [2.45, 2.75) is 19.9 Å². The minimum absolute atomic E-state index is 0.0825. The fraction of sp³-hybridized carbons (Fsp3) is 0.571. The van der Waals surface area contributed by atoms with Crippen molar-refractivity contribution in [3.63, 3.8) is 0 Å². The highest BCUT2D eigenvalue weighted by Gasteiger charge is 2.17. The lowest BCUT2D eigenvalue weighted by atomic mass is 10.0. The maximum atomic E-state index is 11.9. The van der Waals surface area contributed by atoms with Gasteiger partial charge in [0.05, 0.1) is 31.0 Å². The quantitative estimate of drug-likeness (QED) is 0.853. The molecule has 6 nitrogen and oxygen atoms in total. The minimum atomic E-state index is -0.228. The normalized spacial score (nSPS) is 18.4. The molecule has 2 atom stereocenters. The third-order valence-electron chi connectivity index (χ3n) is 3.55. The molecule has 110 valence electrons. The Balaban J connectivity index is 1.96. The standard InChI is InChI=1S/C14H22N4O2/c1-10(11(2)15)14(19)17-12-3-4-13(16-9-12)18-5-7-20-8-6-18/h3-4,9-11H,5-8,15H2,1-2H3,(H,17,19). The molecule has 1 aromatic heterocycles. The lowest BCUT2D eigenvalue weighted by Crippen LogP contribution is -2.36. The molecule has 0 aliphatic carbocycles. The summed E-state index contributed by atoms with van der Waals surface area (Å²) >= 11 is 0. The number of carbonyl (C=O) groups excluding carboxylic acids is 1. The van der Waals surface area contributed by atoms with Gasteiger partial charge in [0.1, 0.15) is 5.82 Å². The SMILES string of the molecule is CC(N)C(C)C(=O)Nc1ccc(N2CCOCC2)nc1. The molecular weight excluding hydrogens is 256 g/mol. The molecule has 1 saturated heterocycles. The van der Waals surface area contributed by atoms with Gasteiger partial charge in [-0.05, 0) is 19.1 Å². The molecule has 3 N–H and O–H groups in total. The summed E-state index contributed by atoms with van der Waals surface area (Å²) in [4.78, 5) is 18.4. The zero-order valence-electron chi connectivity index (χ0n) is 12.0. The second-order valence-corrected chi connectivity index (χ2v) is 5.14. The van der Waals surface area contributed by atoms with Crippen molar-refractivity contribution in [2.24, 2.45) is 11.7 Å². The first kappa shape index (κ1) is 14.7. The Morgan fingerprint density at radius 1 is 1.40 bits per heavy atom. The first-order chi connectivity index (χ1) is 9.58. The van der Waals surface area contributed by atoms with E-state index in [1.54, 1.807) is 6.20 Å². The van der Waals surface area contributed by atoms with E-state index in [4.69, 9.17) is 10.5 Å². The second-order valence-electron chi connectivity index (χ2n) is 5.14. The number of ether oxygens (including phenoxy) is 1. The summed E-state index contributed by atoms with van der Waals surface area (Å²) in [7, 11) is 0. The summed E-state index contributed by atoms with van der Waals surface area (Å²) in [5.74, 6) is 0.599. The van der Waals surface area contributed by atoms with E-state index < -0.39 is 0 Å². The molecule has 0 bridgehead atoms. The maximum absolute atomic E-state index is 11.9. The summed E-state index contributed by atoms with van der Waals surface area (Å²) in [6.45, 7) is 6.79. The molecule has 20 heavy (non-hydrogen) atoms. The molecule has 0 aromatic carbocycles. The summed E-state index contributed by atoms with van der Waals surface area (Å²) in [5, 5.41) is 2.83. The van der Waals surface area contributed by atoms with Crippen molar-refractivity contribution in [1.82, 2.24) is 4.98 Å². The third-order valence-corrected chi connectivity index (χ3v) is 3.55. The van der Waals surface area contributed by atoms with Gasteiger partial charge in [-0.1, -0.05) is 6.92 Å². The van der Waals surface area contributed by atoms with Gasteiger partial charge in [0.25, 0.3) is 0 Å². The van der Waals surface area contributed by atoms with Gasteiger partial charge >= 0.3 is 0 Å². The van der Waals surface area contributed by atoms with Gasteiger partial charge in [0, 0.05) is 19.1 Å². The van der Waals surface area contributed by atoms with Crippen LogP contribution >= 0.6 is 0 Å². The average Bonchev–Trinajstić information content (AvgIpc) is 2.48. The van der Waals surface area contributed by atoms with E-state index in [0.29, 0.717) is 5.69 Å². The Morgan fingerprint density at radius 2 is 2.10 bits per heavy atom. The molecule has 1 aliphatic heterocycles. The van der Waals surface area contributed by atoms with E-state index in [1.165, 1.54) is 0 Å². The molecule has 1 amide bonds. The Kier molecular flexibility index (Phi) is 4.92. The number of pyridine rings is 1. The van der Waals surface area contributed by atoms with Gasteiger partial charge in [0.2, 0.25) is 5.91 Å². The number of anilines is 2. The summed E-state index contributed by atoms with van der Waals surface area (Å²) < 4.78 is 5.31. The highest BCUT2D eigenvalue weighted by molar-refractivity contribution is 5.92. The van der Waals surface area contributed by atoms with Crippen molar-refractivity contribution in [3.8, 4) is 0 Å². The van der Waals surface area contributed by atoms with Crippen LogP contribution in [0, 0.1) is 5.92 Å². The van der Waals surface area contributed by atoms with Crippen LogP contribution in [0.5, 0.6) is 0 Å². The lowest BCUT2D eigenvalue weighted by Gasteiger charge is -2.27. The van der Waals surface area contributed by atoms with Gasteiger partial charge in [-0.25, -0.2) is 4.98 Å². The average molecular weight is 278 g/mol. The van der Waals surface area contributed by atoms with E-state index >= 15 is 0 Å². The number of carbonyl (C=O) groups is 1. The van der Waals surface area contributed by atoms with Gasteiger partial charge in [-0.3, -0.25) is 4.79 Å². The zero-order valence-corrected chi connectivity index (χ0v) is 12.0. The van der Waals surface area contributed by atoms with Crippen LogP contribution < -0.4 is 16.0 Å². The number of rotatable bonds is 4. The summed E-state index contributed by atoms with van der Waals surface area (Å²) in [6, 6.07) is 3.61. The van der Waals surface area contributed by atoms with Crippen LogP contribution in [0.25, 0.3) is 0 Å². The summed E-state index contributed by atoms with van der Waals surface area (Å²) in [5.41, 5.74) is 6.41. The topological polar surface area (TPSA) is 80.5 Å². The number of hydrogen-bond donors (Lipinski definition) is 2. The van der Waals surface area contributed by atoms with Crippen LogP contribution in [0.15, 0.2) is 18.3 Å². The summed E-state index contributed by atoms with van der Waals surface area (Å²) in [6.07, 6.45) is 1.68. The number of hydrogen-bond acceptors (Lipinski definition) is 5. The van der Waals surface area contributed by atoms with E-state index in [0.717, 1.165) is 32.1 Å². The number of nitrogens with two attached hydrogens (primary N) is 1. The smallest absolute Gasteiger partial charge is 0.228 e. The number of aromatic nitrogens is 1. The lowest BCUT2D eigenvalue weighted by molar-refractivity contribution is -0.119. The van der Waals surface area contributed by atoms with E-state index in [1.807, 2.05) is 26.0 Å². The van der Waals surface area contributed by atoms with Crippen LogP contribution in [0.4, 0.5) is 11.5 Å². The molecule has 2 unspecified atom stereocenters. The molecule has 1 aliphatic rings. The van der Waals surface area contributed by atoms with Gasteiger partial charge < -0.3 is 20.7 Å². The van der Waals surface area contributed by atoms with Gasteiger partial charge in [-0.15, -0.1) is 0 Å². The molecule has 6 heteroatoms. The number of morpholine rings is 1.